The number of carbonyl (C=O) groups is 1. The third-order valence-corrected chi connectivity index (χ3v) is 13.1. The summed E-state index contributed by atoms with van der Waals surface area (Å²) in [5, 5.41) is 7.82. The van der Waals surface area contributed by atoms with E-state index in [1.807, 2.05) is 153 Å². The van der Waals surface area contributed by atoms with E-state index in [4.69, 9.17) is 11.2 Å². The third-order valence-electron chi connectivity index (χ3n) is 13.1. The molecule has 9 aromatic rings. The van der Waals surface area contributed by atoms with Crippen LogP contribution in [0.3, 0.4) is 0 Å². The van der Waals surface area contributed by atoms with Gasteiger partial charge in [-0.3, -0.25) is 29.8 Å². The van der Waals surface area contributed by atoms with Crippen molar-refractivity contribution in [2.75, 3.05) is 51.8 Å². The van der Waals surface area contributed by atoms with E-state index < -0.39 is 5.92 Å². The van der Waals surface area contributed by atoms with Crippen molar-refractivity contribution in [1.82, 2.24) is 69.9 Å². The van der Waals surface area contributed by atoms with E-state index >= 15 is 0 Å². The molecule has 0 radical (unpaired) electrons. The number of anilines is 1. The van der Waals surface area contributed by atoms with Gasteiger partial charge in [-0.25, -0.2) is 38.5 Å². The van der Waals surface area contributed by atoms with E-state index in [2.05, 4.69) is 111 Å². The molecule has 0 amide bonds. The van der Waals surface area contributed by atoms with Crippen molar-refractivity contribution >= 4 is 11.8 Å². The number of alkyl halides is 2. The number of piperazine rings is 1. The number of ether oxygens (including phenoxy) is 2. The molecule has 10 rings (SSSR count). The van der Waals surface area contributed by atoms with E-state index in [1.54, 1.807) is 44.6 Å². The molecule has 1 saturated heterocycles. The first-order chi connectivity index (χ1) is 44.0. The number of aryl methyl sites for hydroxylation is 17. The summed E-state index contributed by atoms with van der Waals surface area (Å²) in [5.41, 5.74) is 15.8. The molecular formula is C73H97F2N15O3. The molecule has 0 saturated carbocycles. The van der Waals surface area contributed by atoms with Crippen molar-refractivity contribution in [3.8, 4) is 18.2 Å². The Kier molecular flexibility index (Phi) is 36.4. The molecule has 1 fully saturated rings. The van der Waals surface area contributed by atoms with Crippen LogP contribution >= 0.6 is 0 Å². The number of pyridine rings is 5. The van der Waals surface area contributed by atoms with Crippen LogP contribution in [0.5, 0.6) is 5.88 Å². The normalized spacial score (nSPS) is 11.1. The van der Waals surface area contributed by atoms with Gasteiger partial charge in [-0.05, 0) is 208 Å². The number of methoxy groups -OCH3 is 2. The standard InChI is InChI=1S/C13H22N4.C9H9N.C8H9F2N.C8H9NO2.C8H11N.C7H10N2O.2C7H10N2.C6H7N/c1-4-5-16-6-8-17(9-7-16)13-10-11(2)14-12(3)15-13;1-4-9-6-10-8(3)5-7(9)2;1-6-5-7(3-4-11-6)8(2,9)10;1-6-3-4-7(5-9-6)8(10)11-2;1-3-8-5-4-7(2)9-6-8;1-5-4-7(10-3)9-6(2)8-5;1-5-4-6(2)9-7(3)8-5;1-5-4-6(2)8-9-7(5)3;1-6-4-2-3-5-7-6/h10H,4-9H2,1-3H3;1,5-6H,2-3H3;2*3-5H,1-2H3;4-6H,3H2,1-2H3;4H,1-3H3;2*4H,1-3H3;2-5H,1H3. The molecule has 0 unspecified atom stereocenters. The molecule has 0 bridgehead atoms. The first-order valence-corrected chi connectivity index (χ1v) is 30.7. The molecule has 1 aliphatic heterocycles. The predicted octanol–water partition coefficient (Wildman–Crippen LogP) is 14.2. The SMILES string of the molecule is C#Cc1cnc(C)cc1C.CCCN1CCN(c2cc(C)nc(C)n2)CC1.CCc1ccc(C)nc1.COC(=O)c1ccc(C)nc1.COc1cc(C)nc(C)n1.Cc1cc(C(C)(F)F)ccn1.Cc1cc(C)c(C)nn1.Cc1cc(C)nc(C)n1.Cc1ccccn1. The predicted molar refractivity (Wildman–Crippen MR) is 369 cm³/mol. The fourth-order valence-corrected chi connectivity index (χ4v) is 8.27. The summed E-state index contributed by atoms with van der Waals surface area (Å²) in [6.07, 6.45) is 15.9. The van der Waals surface area contributed by atoms with E-state index in [9.17, 15) is 13.6 Å². The molecule has 0 atom stereocenters. The lowest BCUT2D eigenvalue weighted by Crippen LogP contribution is -2.46. The van der Waals surface area contributed by atoms with Crippen LogP contribution in [0.2, 0.25) is 0 Å². The Balaban J connectivity index is 0.000000360. The van der Waals surface area contributed by atoms with Crippen molar-refractivity contribution in [2.45, 2.75) is 150 Å². The van der Waals surface area contributed by atoms with Crippen molar-refractivity contribution in [2.24, 2.45) is 0 Å². The highest BCUT2D eigenvalue weighted by molar-refractivity contribution is 5.88. The monoisotopic (exact) mass is 1270 g/mol. The molecule has 20 heteroatoms. The van der Waals surface area contributed by atoms with E-state index in [-0.39, 0.29) is 11.5 Å². The molecular weight excluding hydrogens is 1170 g/mol. The summed E-state index contributed by atoms with van der Waals surface area (Å²) in [6, 6.07) is 26.0. The van der Waals surface area contributed by atoms with Crippen molar-refractivity contribution < 1.29 is 23.0 Å². The van der Waals surface area contributed by atoms with Crippen LogP contribution in [-0.2, 0) is 17.1 Å². The summed E-state index contributed by atoms with van der Waals surface area (Å²) in [4.78, 5) is 60.9. The average molecular weight is 1270 g/mol. The van der Waals surface area contributed by atoms with Crippen LogP contribution in [0.1, 0.15) is 145 Å². The summed E-state index contributed by atoms with van der Waals surface area (Å²) >= 11 is 0. The van der Waals surface area contributed by atoms with Gasteiger partial charge in [0.1, 0.15) is 23.3 Å². The number of terminal acetylenes is 1. The maximum Gasteiger partial charge on any atom is 0.339 e. The fourth-order valence-electron chi connectivity index (χ4n) is 8.27. The largest absolute Gasteiger partial charge is 0.481 e. The second kappa shape index (κ2) is 42.6. The van der Waals surface area contributed by atoms with Crippen LogP contribution in [0.15, 0.2) is 116 Å². The van der Waals surface area contributed by atoms with Gasteiger partial charge >= 0.3 is 5.97 Å². The number of esters is 1. The van der Waals surface area contributed by atoms with Gasteiger partial charge in [0.25, 0.3) is 5.92 Å². The van der Waals surface area contributed by atoms with Gasteiger partial charge < -0.3 is 14.4 Å². The Morgan fingerprint density at radius 1 is 0.538 bits per heavy atom. The number of carbonyl (C=O) groups excluding carboxylic acids is 1. The highest BCUT2D eigenvalue weighted by atomic mass is 19.3. The van der Waals surface area contributed by atoms with Crippen molar-refractivity contribution in [1.29, 1.82) is 0 Å². The minimum atomic E-state index is -2.76. The van der Waals surface area contributed by atoms with E-state index in [1.165, 1.54) is 55.7 Å². The third kappa shape index (κ3) is 34.0. The number of hydrogen-bond donors (Lipinski definition) is 0. The van der Waals surface area contributed by atoms with Crippen LogP contribution in [0.25, 0.3) is 0 Å². The molecule has 496 valence electrons. The number of rotatable bonds is 7. The average Bonchev–Trinajstić information content (AvgIpc) is 1.84. The molecule has 1 aliphatic rings. The summed E-state index contributed by atoms with van der Waals surface area (Å²) in [7, 11) is 2.95. The van der Waals surface area contributed by atoms with Gasteiger partial charge in [0, 0.05) is 139 Å². The maximum atomic E-state index is 12.6. The van der Waals surface area contributed by atoms with Crippen LogP contribution < -0.4 is 9.64 Å². The number of hydrogen-bond acceptors (Lipinski definition) is 18. The zero-order valence-electron chi connectivity index (χ0n) is 58.7. The Hall–Kier alpha value is -9.48. The van der Waals surface area contributed by atoms with Crippen LogP contribution in [0.4, 0.5) is 14.6 Å². The Morgan fingerprint density at radius 3 is 1.49 bits per heavy atom. The zero-order valence-corrected chi connectivity index (χ0v) is 58.7. The summed E-state index contributed by atoms with van der Waals surface area (Å²) in [6.45, 7) is 41.9. The first kappa shape index (κ1) is 79.6. The van der Waals surface area contributed by atoms with Crippen LogP contribution in [-0.4, -0.2) is 123 Å². The lowest BCUT2D eigenvalue weighted by Gasteiger charge is -2.35. The molecule has 93 heavy (non-hydrogen) atoms. The minimum Gasteiger partial charge on any atom is -0.481 e. The highest BCUT2D eigenvalue weighted by Gasteiger charge is 2.24. The minimum absolute atomic E-state index is 0.0185. The summed E-state index contributed by atoms with van der Waals surface area (Å²) < 4.78 is 34.6. The second-order valence-electron chi connectivity index (χ2n) is 22.0. The van der Waals surface area contributed by atoms with Crippen LogP contribution in [0, 0.1) is 123 Å². The van der Waals surface area contributed by atoms with Gasteiger partial charge in [-0.1, -0.05) is 31.9 Å². The second-order valence-corrected chi connectivity index (χ2v) is 22.0. The lowest BCUT2D eigenvalue weighted by molar-refractivity contribution is 0.0173. The molecule has 0 spiro atoms. The van der Waals surface area contributed by atoms with Gasteiger partial charge in [0.2, 0.25) is 5.88 Å². The first-order valence-electron chi connectivity index (χ1n) is 30.7. The van der Waals surface area contributed by atoms with Crippen molar-refractivity contribution in [3.05, 3.63) is 229 Å². The molecule has 0 aromatic carbocycles. The van der Waals surface area contributed by atoms with Gasteiger partial charge in [-0.15, -0.1) is 6.42 Å². The fraction of sp³-hybridized carbons (Fsp3) is 0.397. The molecule has 10 heterocycles. The number of nitrogens with zero attached hydrogens (tertiary/aromatic N) is 15. The molecule has 18 nitrogen and oxygen atoms in total. The molecule has 0 N–H and O–H groups in total. The smallest absolute Gasteiger partial charge is 0.339 e. The Bertz CT molecular complexity index is 3580. The lowest BCUT2D eigenvalue weighted by atomic mass is 10.1. The van der Waals surface area contributed by atoms with Gasteiger partial charge in [0.05, 0.1) is 31.2 Å². The summed E-state index contributed by atoms with van der Waals surface area (Å²) in [5.74, 6) is 3.65. The van der Waals surface area contributed by atoms with E-state index in [0.717, 1.165) is 131 Å². The highest BCUT2D eigenvalue weighted by Crippen LogP contribution is 2.26. The quantitative estimate of drug-likeness (QED) is 0.107. The maximum absolute atomic E-state index is 12.6. The van der Waals surface area contributed by atoms with Crippen molar-refractivity contribution in [3.63, 3.8) is 0 Å². The van der Waals surface area contributed by atoms with Gasteiger partial charge in [0.15, 0.2) is 0 Å². The topological polar surface area (TPSA) is 210 Å². The van der Waals surface area contributed by atoms with E-state index in [0.29, 0.717) is 17.1 Å². The molecule has 0 aliphatic carbocycles. The Morgan fingerprint density at radius 2 is 1.08 bits per heavy atom. The molecule has 9 aromatic heterocycles. The van der Waals surface area contributed by atoms with Gasteiger partial charge in [-0.2, -0.15) is 15.2 Å². The Labute approximate surface area is 552 Å². The number of halogens is 2. The zero-order chi connectivity index (χ0) is 69.6. The number of aromatic nitrogens is 13.